The molecule has 6 rings (SSSR count). The lowest BCUT2D eigenvalue weighted by molar-refractivity contribution is -0.296. The summed E-state index contributed by atoms with van der Waals surface area (Å²) in [5.74, 6) is -0.291. The van der Waals surface area contributed by atoms with Gasteiger partial charge in [-0.15, -0.1) is 11.3 Å². The minimum atomic E-state index is -3.20. The van der Waals surface area contributed by atoms with Crippen molar-refractivity contribution in [3.63, 3.8) is 0 Å². The van der Waals surface area contributed by atoms with Gasteiger partial charge in [-0.05, 0) is 85.3 Å². The minimum absolute atomic E-state index is 0.0583. The molecule has 14 atom stereocenters. The number of rotatable bonds is 7. The number of cyclic esters (lactones) is 1. The van der Waals surface area contributed by atoms with E-state index in [2.05, 4.69) is 22.1 Å². The minimum Gasteiger partial charge on any atom is -0.455 e. The Morgan fingerprint density at radius 1 is 1.07 bits per heavy atom. The standard InChI is InChI=1S/C44H58FN3O10S/c1-11-31-44(8)34-32(38(52)58-44)47-23-41(34,5)35(50)24(2)22-42(6,54-20-14-15-27-17-18-30(59-27)28-16-12-13-19-46-28)37(26(4)36(51)43(7,45)40(53)56-31)57-39-33(49)29(48(9)10)21-25(3)55-39/h12-13,16-19,24-26,29,31-34,37,39,47,49H,11,20-23H2,1-10H3/t24-,25-,26+,29+,31-,32-,33-,34-,37-,39+,41-,42+,43-,44-/m1/s1. The Hall–Kier alpha value is -3.62. The number of aromatic nitrogens is 1. The van der Waals surface area contributed by atoms with Crippen LogP contribution < -0.4 is 5.32 Å². The summed E-state index contributed by atoms with van der Waals surface area (Å²) in [6.45, 7) is 12.5. The van der Waals surface area contributed by atoms with E-state index >= 15 is 4.39 Å². The summed E-state index contributed by atoms with van der Waals surface area (Å²) < 4.78 is 48.3. The highest BCUT2D eigenvalue weighted by atomic mass is 32.1. The summed E-state index contributed by atoms with van der Waals surface area (Å²) in [5, 5.41) is 14.8. The molecule has 59 heavy (non-hydrogen) atoms. The molecule has 6 heterocycles. The van der Waals surface area contributed by atoms with Crippen molar-refractivity contribution in [3.05, 3.63) is 41.4 Å². The molecule has 322 valence electrons. The van der Waals surface area contributed by atoms with Crippen LogP contribution in [0, 0.1) is 35.0 Å². The van der Waals surface area contributed by atoms with Gasteiger partial charge in [0.05, 0.1) is 33.3 Å². The number of alkyl halides is 1. The van der Waals surface area contributed by atoms with E-state index in [0.29, 0.717) is 6.42 Å². The van der Waals surface area contributed by atoms with Crippen LogP contribution in [-0.2, 0) is 42.9 Å². The van der Waals surface area contributed by atoms with Crippen molar-refractivity contribution in [3.8, 4) is 22.4 Å². The van der Waals surface area contributed by atoms with E-state index in [9.17, 15) is 24.3 Å². The predicted molar refractivity (Wildman–Crippen MR) is 217 cm³/mol. The third kappa shape index (κ3) is 8.39. The van der Waals surface area contributed by atoms with Gasteiger partial charge < -0.3 is 39.0 Å². The molecule has 0 unspecified atom stereocenters. The summed E-state index contributed by atoms with van der Waals surface area (Å²) in [4.78, 5) is 64.7. The highest BCUT2D eigenvalue weighted by Gasteiger charge is 2.69. The van der Waals surface area contributed by atoms with Crippen molar-refractivity contribution in [2.75, 3.05) is 27.2 Å². The lowest BCUT2D eigenvalue weighted by Gasteiger charge is -2.48. The summed E-state index contributed by atoms with van der Waals surface area (Å²) in [7, 11) is 3.65. The smallest absolute Gasteiger partial charge is 0.351 e. The molecule has 2 aromatic rings. The molecule has 0 radical (unpaired) electrons. The Balaban J connectivity index is 1.43. The fourth-order valence-corrected chi connectivity index (χ4v) is 10.8. The third-order valence-corrected chi connectivity index (χ3v) is 14.0. The Morgan fingerprint density at radius 3 is 2.46 bits per heavy atom. The number of carbonyl (C=O) groups is 4. The Labute approximate surface area is 350 Å². The van der Waals surface area contributed by atoms with Crippen LogP contribution in [-0.4, -0.2) is 125 Å². The monoisotopic (exact) mass is 839 g/mol. The average Bonchev–Trinajstić information content (AvgIpc) is 3.89. The van der Waals surface area contributed by atoms with Gasteiger partial charge >= 0.3 is 11.9 Å². The quantitative estimate of drug-likeness (QED) is 0.228. The van der Waals surface area contributed by atoms with Crippen molar-refractivity contribution in [2.24, 2.45) is 23.2 Å². The van der Waals surface area contributed by atoms with Gasteiger partial charge in [-0.25, -0.2) is 9.18 Å². The molecule has 0 spiro atoms. The van der Waals surface area contributed by atoms with E-state index in [4.69, 9.17) is 23.7 Å². The van der Waals surface area contributed by atoms with Crippen LogP contribution >= 0.6 is 11.3 Å². The molecule has 0 saturated carbocycles. The first-order chi connectivity index (χ1) is 27.7. The van der Waals surface area contributed by atoms with E-state index in [0.717, 1.165) is 22.4 Å². The zero-order valence-corrected chi connectivity index (χ0v) is 36.4. The predicted octanol–water partition coefficient (Wildman–Crippen LogP) is 4.52. The lowest BCUT2D eigenvalue weighted by Crippen LogP contribution is -2.61. The number of thiophene rings is 1. The maximum Gasteiger partial charge on any atom is 0.351 e. The number of pyridine rings is 1. The molecule has 4 aliphatic heterocycles. The average molecular weight is 840 g/mol. The number of hydrogen-bond acceptors (Lipinski definition) is 14. The molecular formula is C44H58FN3O10S. The Bertz CT molecular complexity index is 1970. The summed E-state index contributed by atoms with van der Waals surface area (Å²) >= 11 is 1.45. The molecule has 0 aliphatic carbocycles. The maximum absolute atomic E-state index is 17.0. The van der Waals surface area contributed by atoms with Gasteiger partial charge in [0.1, 0.15) is 30.6 Å². The normalized spacial score (nSPS) is 40.5. The van der Waals surface area contributed by atoms with Crippen LogP contribution in [0.4, 0.5) is 4.39 Å². The Kier molecular flexibility index (Phi) is 13.0. The van der Waals surface area contributed by atoms with Crippen molar-refractivity contribution in [1.29, 1.82) is 0 Å². The third-order valence-electron chi connectivity index (χ3n) is 13.0. The van der Waals surface area contributed by atoms with Crippen LogP contribution in [0.25, 0.3) is 10.6 Å². The molecule has 4 aliphatic rings. The van der Waals surface area contributed by atoms with E-state index in [1.54, 1.807) is 40.8 Å². The molecule has 2 aromatic heterocycles. The van der Waals surface area contributed by atoms with Crippen LogP contribution in [0.5, 0.6) is 0 Å². The Morgan fingerprint density at radius 2 is 1.80 bits per heavy atom. The fraction of sp³-hybridized carbons (Fsp3) is 0.659. The molecule has 13 nitrogen and oxygen atoms in total. The molecule has 4 fully saturated rings. The maximum atomic E-state index is 17.0. The van der Waals surface area contributed by atoms with Gasteiger partial charge in [-0.3, -0.25) is 19.4 Å². The number of aliphatic hydroxyl groups is 1. The number of nitrogens with zero attached hydrogens (tertiary/aromatic N) is 2. The zero-order chi connectivity index (χ0) is 43.2. The van der Waals surface area contributed by atoms with Crippen LogP contribution in [0.2, 0.25) is 0 Å². The number of nitrogens with one attached hydrogen (secondary N) is 1. The highest BCUT2D eigenvalue weighted by Crippen LogP contribution is 2.53. The first kappa shape index (κ1) is 44.9. The van der Waals surface area contributed by atoms with E-state index in [1.807, 2.05) is 56.3 Å². The second kappa shape index (κ2) is 17.0. The van der Waals surface area contributed by atoms with Gasteiger partial charge in [0.15, 0.2) is 17.7 Å². The summed E-state index contributed by atoms with van der Waals surface area (Å²) in [6.07, 6.45) is -3.20. The fourth-order valence-electron chi connectivity index (χ4n) is 9.95. The molecule has 2 N–H and O–H groups in total. The van der Waals surface area contributed by atoms with Crippen molar-refractivity contribution in [2.45, 2.75) is 134 Å². The number of hydrogen-bond donors (Lipinski definition) is 2. The molecule has 4 saturated heterocycles. The van der Waals surface area contributed by atoms with Gasteiger partial charge in [0.25, 0.3) is 5.67 Å². The first-order valence-electron chi connectivity index (χ1n) is 20.4. The van der Waals surface area contributed by atoms with Crippen LogP contribution in [0.1, 0.15) is 79.5 Å². The second-order valence-corrected chi connectivity index (χ2v) is 18.8. The molecule has 0 aromatic carbocycles. The molecule has 0 bridgehead atoms. The second-order valence-electron chi connectivity index (χ2n) is 17.7. The number of ether oxygens (including phenoxy) is 5. The van der Waals surface area contributed by atoms with E-state index in [-0.39, 0.29) is 37.9 Å². The number of Topliss-reactive ketones (excluding diaryl/α,β-unsaturated/α-hetero) is 2. The summed E-state index contributed by atoms with van der Waals surface area (Å²) in [6, 6.07) is 8.17. The molecular weight excluding hydrogens is 782 g/mol. The lowest BCUT2D eigenvalue weighted by atomic mass is 9.62. The van der Waals surface area contributed by atoms with Gasteiger partial charge in [-0.1, -0.05) is 45.6 Å². The van der Waals surface area contributed by atoms with Crippen LogP contribution in [0.15, 0.2) is 36.5 Å². The SMILES string of the molecule is CC[C@H]1OC(=O)[C@](C)(F)C(=O)[C@H](C)[C@@H](O[C@@H]2O[C@H](C)C[C@H](N(C)C)[C@H]2O)[C@@](C)(OCC#Cc2ccc(-c3ccccn3)s2)C[C@@H](C)C(=O)[C@]2(C)CN[C@H]3C(=O)O[C@@]1(C)[C@H]32. The number of aliphatic hydroxyl groups excluding tert-OH is 1. The van der Waals surface area contributed by atoms with E-state index < -0.39 is 94.4 Å². The van der Waals surface area contributed by atoms with Crippen molar-refractivity contribution in [1.82, 2.24) is 15.2 Å². The largest absolute Gasteiger partial charge is 0.455 e. The van der Waals surface area contributed by atoms with E-state index in [1.165, 1.54) is 18.3 Å². The highest BCUT2D eigenvalue weighted by molar-refractivity contribution is 7.16. The number of esters is 2. The van der Waals surface area contributed by atoms with Crippen molar-refractivity contribution < 1.29 is 52.4 Å². The van der Waals surface area contributed by atoms with Gasteiger partial charge in [0, 0.05) is 42.0 Å². The molecule has 0 amide bonds. The van der Waals surface area contributed by atoms with Gasteiger partial charge in [-0.2, -0.15) is 0 Å². The van der Waals surface area contributed by atoms with Gasteiger partial charge in [0.2, 0.25) is 0 Å². The first-order valence-corrected chi connectivity index (χ1v) is 21.2. The number of ketones is 2. The number of carbonyl (C=O) groups excluding carboxylic acids is 4. The van der Waals surface area contributed by atoms with Crippen LogP contribution in [0.3, 0.4) is 0 Å². The van der Waals surface area contributed by atoms with Crippen molar-refractivity contribution >= 4 is 34.8 Å². The number of halogens is 1. The zero-order valence-electron chi connectivity index (χ0n) is 35.6. The number of likely N-dealkylation sites (N-methyl/N-ethyl adjacent to an activating group) is 1. The molecule has 15 heteroatoms. The summed E-state index contributed by atoms with van der Waals surface area (Å²) in [5.41, 5.74) is -6.72. The topological polar surface area (TPSA) is 163 Å².